The highest BCUT2D eigenvalue weighted by Crippen LogP contribution is 2.30. The molecule has 8 heteroatoms. The van der Waals surface area contributed by atoms with Crippen molar-refractivity contribution in [3.8, 4) is 5.88 Å². The Morgan fingerprint density at radius 1 is 1.38 bits per heavy atom. The van der Waals surface area contributed by atoms with Crippen LogP contribution in [0.2, 0.25) is 0 Å². The van der Waals surface area contributed by atoms with Crippen LogP contribution in [-0.2, 0) is 7.05 Å². The average Bonchev–Trinajstić information content (AvgIpc) is 2.15. The van der Waals surface area contributed by atoms with E-state index in [1.807, 2.05) is 0 Å². The Labute approximate surface area is 71.1 Å². The Morgan fingerprint density at radius 2 is 1.92 bits per heavy atom. The molecule has 13 heavy (non-hydrogen) atoms. The van der Waals surface area contributed by atoms with E-state index in [1.165, 1.54) is 7.05 Å². The topological polar surface area (TPSA) is 79.1 Å². The Morgan fingerprint density at radius 3 is 2.23 bits per heavy atom. The van der Waals surface area contributed by atoms with Crippen LogP contribution in [0.25, 0.3) is 0 Å². The molecule has 0 fully saturated rings. The second-order valence-corrected chi connectivity index (χ2v) is 2.28. The highest BCUT2D eigenvalue weighted by atomic mass is 19.4. The summed E-state index contributed by atoms with van der Waals surface area (Å²) in [4.78, 5) is 0. The summed E-state index contributed by atoms with van der Waals surface area (Å²) >= 11 is 0. The number of halogens is 3. The molecule has 0 aliphatic heterocycles. The molecule has 0 atom stereocenters. The lowest BCUT2D eigenvalue weighted by Crippen LogP contribution is -2.18. The van der Waals surface area contributed by atoms with Gasteiger partial charge in [0.1, 0.15) is 11.5 Å². The molecule has 5 nitrogen and oxygen atoms in total. The molecule has 1 aromatic rings. The van der Waals surface area contributed by atoms with Crippen LogP contribution >= 0.6 is 0 Å². The molecule has 0 aliphatic rings. The molecule has 0 amide bonds. The average molecular weight is 196 g/mol. The largest absolute Gasteiger partial charge is 0.574 e. The van der Waals surface area contributed by atoms with Gasteiger partial charge in [0.05, 0.1) is 0 Å². The minimum Gasteiger partial charge on any atom is -0.391 e. The number of aryl methyl sites for hydroxylation is 1. The highest BCUT2D eigenvalue weighted by molar-refractivity contribution is 5.65. The molecule has 0 saturated carbocycles. The quantitative estimate of drug-likeness (QED) is 0.684. The first-order valence-corrected chi connectivity index (χ1v) is 3.15. The zero-order valence-electron chi connectivity index (χ0n) is 6.59. The summed E-state index contributed by atoms with van der Waals surface area (Å²) in [6.07, 6.45) is -4.81. The normalized spacial score (nSPS) is 11.7. The van der Waals surface area contributed by atoms with Crippen LogP contribution in [-0.4, -0.2) is 16.1 Å². The maximum atomic E-state index is 11.7. The third kappa shape index (κ3) is 1.95. The molecule has 4 N–H and O–H groups in total. The Kier molecular flexibility index (Phi) is 1.98. The molecule has 74 valence electrons. The van der Waals surface area contributed by atoms with E-state index in [2.05, 4.69) is 9.84 Å². The monoisotopic (exact) mass is 196 g/mol. The van der Waals surface area contributed by atoms with Crippen molar-refractivity contribution in [1.29, 1.82) is 0 Å². The molecule has 0 aliphatic carbocycles. The molecular weight excluding hydrogens is 189 g/mol. The van der Waals surface area contributed by atoms with Gasteiger partial charge in [0.2, 0.25) is 0 Å². The van der Waals surface area contributed by atoms with Gasteiger partial charge in [0.15, 0.2) is 0 Å². The van der Waals surface area contributed by atoms with E-state index >= 15 is 0 Å². The fourth-order valence-corrected chi connectivity index (χ4v) is 0.713. The summed E-state index contributed by atoms with van der Waals surface area (Å²) in [6.45, 7) is 0. The van der Waals surface area contributed by atoms with Crippen LogP contribution in [0.5, 0.6) is 5.88 Å². The van der Waals surface area contributed by atoms with Crippen molar-refractivity contribution in [2.75, 3.05) is 11.5 Å². The fourth-order valence-electron chi connectivity index (χ4n) is 0.713. The summed E-state index contributed by atoms with van der Waals surface area (Å²) < 4.78 is 39.6. The number of nitrogens with two attached hydrogens (primary N) is 2. The lowest BCUT2D eigenvalue weighted by molar-refractivity contribution is -0.276. The zero-order valence-corrected chi connectivity index (χ0v) is 6.59. The molecule has 1 heterocycles. The van der Waals surface area contributed by atoms with Crippen LogP contribution in [0.1, 0.15) is 0 Å². The number of alkyl halides is 3. The number of nitrogens with zero attached hydrogens (tertiary/aromatic N) is 2. The number of ether oxygens (including phenoxy) is 1. The van der Waals surface area contributed by atoms with E-state index < -0.39 is 12.2 Å². The van der Waals surface area contributed by atoms with Crippen molar-refractivity contribution in [1.82, 2.24) is 9.78 Å². The van der Waals surface area contributed by atoms with Gasteiger partial charge in [-0.3, -0.25) is 0 Å². The molecular formula is C5H7F3N4O. The molecule has 1 aromatic heterocycles. The van der Waals surface area contributed by atoms with Gasteiger partial charge in [0.25, 0.3) is 5.88 Å². The molecule has 0 unspecified atom stereocenters. The van der Waals surface area contributed by atoms with E-state index in [0.29, 0.717) is 0 Å². The molecule has 0 spiro atoms. The van der Waals surface area contributed by atoms with Gasteiger partial charge in [0, 0.05) is 7.05 Å². The van der Waals surface area contributed by atoms with Gasteiger partial charge in [-0.2, -0.15) is 0 Å². The number of hydrogen-bond donors (Lipinski definition) is 2. The van der Waals surface area contributed by atoms with E-state index in [4.69, 9.17) is 11.5 Å². The van der Waals surface area contributed by atoms with Gasteiger partial charge in [-0.05, 0) is 0 Å². The molecule has 0 bridgehead atoms. The lowest BCUT2D eigenvalue weighted by Gasteiger charge is -2.05. The van der Waals surface area contributed by atoms with Gasteiger partial charge < -0.3 is 16.2 Å². The maximum Gasteiger partial charge on any atom is 0.574 e. The Bertz CT molecular complexity index is 318. The van der Waals surface area contributed by atoms with E-state index in [1.54, 1.807) is 0 Å². The third-order valence-electron chi connectivity index (χ3n) is 1.31. The summed E-state index contributed by atoms with van der Waals surface area (Å²) in [5.41, 5.74) is 10.1. The molecule has 0 radical (unpaired) electrons. The van der Waals surface area contributed by atoms with Crippen molar-refractivity contribution in [2.24, 2.45) is 7.05 Å². The van der Waals surface area contributed by atoms with Crippen LogP contribution in [0, 0.1) is 0 Å². The summed E-state index contributed by atoms with van der Waals surface area (Å²) in [6, 6.07) is 0. The summed E-state index contributed by atoms with van der Waals surface area (Å²) in [5.74, 6) is -0.799. The highest BCUT2D eigenvalue weighted by Gasteiger charge is 2.34. The predicted molar refractivity (Wildman–Crippen MR) is 38.7 cm³/mol. The minimum absolute atomic E-state index is 0.0701. The molecule has 0 aromatic carbocycles. The smallest absolute Gasteiger partial charge is 0.391 e. The first-order valence-electron chi connectivity index (χ1n) is 3.15. The van der Waals surface area contributed by atoms with Crippen molar-refractivity contribution < 1.29 is 17.9 Å². The van der Waals surface area contributed by atoms with E-state index in [9.17, 15) is 13.2 Å². The van der Waals surface area contributed by atoms with E-state index in [0.717, 1.165) is 4.68 Å². The number of nitrogen functional groups attached to an aromatic ring is 2. The first kappa shape index (κ1) is 9.49. The number of aromatic nitrogens is 2. The summed E-state index contributed by atoms with van der Waals surface area (Å²) in [5, 5.41) is 3.32. The Balaban J connectivity index is 2.97. The van der Waals surface area contributed by atoms with Gasteiger partial charge in [-0.1, -0.05) is 0 Å². The van der Waals surface area contributed by atoms with Crippen LogP contribution < -0.4 is 16.2 Å². The first-order chi connectivity index (χ1) is 5.81. The van der Waals surface area contributed by atoms with Crippen molar-refractivity contribution in [2.45, 2.75) is 6.36 Å². The maximum absolute atomic E-state index is 11.7. The fraction of sp³-hybridized carbons (Fsp3) is 0.400. The molecule has 0 saturated heterocycles. The second kappa shape index (κ2) is 2.71. The lowest BCUT2D eigenvalue weighted by atomic mass is 10.5. The van der Waals surface area contributed by atoms with Crippen molar-refractivity contribution in [3.63, 3.8) is 0 Å². The van der Waals surface area contributed by atoms with Crippen LogP contribution in [0.15, 0.2) is 0 Å². The van der Waals surface area contributed by atoms with Crippen molar-refractivity contribution in [3.05, 3.63) is 0 Å². The van der Waals surface area contributed by atoms with Crippen molar-refractivity contribution >= 4 is 11.5 Å². The predicted octanol–water partition coefficient (Wildman–Crippen LogP) is 0.483. The van der Waals surface area contributed by atoms with Gasteiger partial charge in [-0.15, -0.1) is 18.3 Å². The number of hydrogen-bond acceptors (Lipinski definition) is 4. The number of anilines is 2. The Hall–Kier alpha value is -1.60. The van der Waals surface area contributed by atoms with Crippen LogP contribution in [0.4, 0.5) is 24.7 Å². The molecule has 1 rings (SSSR count). The second-order valence-electron chi connectivity index (χ2n) is 2.28. The van der Waals surface area contributed by atoms with E-state index in [-0.39, 0.29) is 11.5 Å². The van der Waals surface area contributed by atoms with Gasteiger partial charge >= 0.3 is 6.36 Å². The summed E-state index contributed by atoms with van der Waals surface area (Å²) in [7, 11) is 1.36. The number of rotatable bonds is 1. The minimum atomic E-state index is -4.81. The third-order valence-corrected chi connectivity index (χ3v) is 1.31. The SMILES string of the molecule is Cn1nc(OC(F)(F)F)c(N)c1N. The van der Waals surface area contributed by atoms with Crippen LogP contribution in [0.3, 0.4) is 0 Å². The van der Waals surface area contributed by atoms with Gasteiger partial charge in [-0.25, -0.2) is 4.68 Å². The standard InChI is InChI=1S/C5H7F3N4O/c1-12-3(10)2(9)4(11-12)13-5(6,7)8/h9-10H2,1H3. The zero-order chi connectivity index (χ0) is 10.2.